The fourth-order valence-electron chi connectivity index (χ4n) is 3.17. The van der Waals surface area contributed by atoms with Crippen molar-refractivity contribution in [2.75, 3.05) is 5.32 Å². The molecule has 1 fully saturated rings. The lowest BCUT2D eigenvalue weighted by atomic mass is 9.84. The van der Waals surface area contributed by atoms with E-state index in [1.54, 1.807) is 4.52 Å². The third-order valence-corrected chi connectivity index (χ3v) is 4.21. The molecule has 112 valence electrons. The van der Waals surface area contributed by atoms with Crippen LogP contribution < -0.4 is 5.32 Å². The molecular formula is C15H20N4O2. The van der Waals surface area contributed by atoms with Gasteiger partial charge in [-0.2, -0.15) is 9.61 Å². The number of rotatable bonds is 4. The van der Waals surface area contributed by atoms with E-state index in [1.165, 1.54) is 12.7 Å². The summed E-state index contributed by atoms with van der Waals surface area (Å²) >= 11 is 0. The highest BCUT2D eigenvalue weighted by atomic mass is 16.4. The van der Waals surface area contributed by atoms with Crippen molar-refractivity contribution in [3.8, 4) is 0 Å². The molecule has 1 atom stereocenters. The molecule has 2 N–H and O–H groups in total. The van der Waals surface area contributed by atoms with Crippen LogP contribution in [-0.4, -0.2) is 31.7 Å². The van der Waals surface area contributed by atoms with Crippen LogP contribution in [0.3, 0.4) is 0 Å². The van der Waals surface area contributed by atoms with Crippen LogP contribution in [0.1, 0.15) is 37.7 Å². The highest BCUT2D eigenvalue weighted by Crippen LogP contribution is 2.28. The normalized spacial score (nSPS) is 17.8. The summed E-state index contributed by atoms with van der Waals surface area (Å²) in [5, 5.41) is 16.9. The zero-order valence-corrected chi connectivity index (χ0v) is 12.1. The summed E-state index contributed by atoms with van der Waals surface area (Å²) in [6.45, 7) is 1.97. The van der Waals surface area contributed by atoms with E-state index in [2.05, 4.69) is 15.4 Å². The summed E-state index contributed by atoms with van der Waals surface area (Å²) in [6, 6.07) is 3.27. The van der Waals surface area contributed by atoms with E-state index in [4.69, 9.17) is 0 Å². The minimum atomic E-state index is -0.795. The molecule has 0 bridgehead atoms. The fraction of sp³-hybridized carbons (Fsp3) is 0.533. The summed E-state index contributed by atoms with van der Waals surface area (Å²) in [7, 11) is 0. The predicted molar refractivity (Wildman–Crippen MR) is 79.3 cm³/mol. The van der Waals surface area contributed by atoms with E-state index in [1.807, 2.05) is 19.1 Å². The van der Waals surface area contributed by atoms with Crippen LogP contribution in [0.4, 0.5) is 5.82 Å². The van der Waals surface area contributed by atoms with Gasteiger partial charge in [0.1, 0.15) is 18.2 Å². The van der Waals surface area contributed by atoms with Crippen molar-refractivity contribution in [3.05, 3.63) is 24.0 Å². The Labute approximate surface area is 123 Å². The topological polar surface area (TPSA) is 79.5 Å². The summed E-state index contributed by atoms with van der Waals surface area (Å²) in [6.07, 6.45) is 6.86. The van der Waals surface area contributed by atoms with Gasteiger partial charge in [0.05, 0.1) is 0 Å². The Balaban J connectivity index is 1.90. The first kappa shape index (κ1) is 13.9. The van der Waals surface area contributed by atoms with Gasteiger partial charge < -0.3 is 10.4 Å². The van der Waals surface area contributed by atoms with E-state index in [0.717, 1.165) is 36.9 Å². The number of aliphatic carboxylic acids is 1. The number of aryl methyl sites for hydroxylation is 1. The molecule has 3 rings (SSSR count). The van der Waals surface area contributed by atoms with Crippen LogP contribution in [0.2, 0.25) is 0 Å². The smallest absolute Gasteiger partial charge is 0.326 e. The Morgan fingerprint density at radius 2 is 2.14 bits per heavy atom. The first-order valence-corrected chi connectivity index (χ1v) is 7.45. The van der Waals surface area contributed by atoms with Gasteiger partial charge in [0, 0.05) is 0 Å². The standard InChI is InChI=1S/C15H20N4O2/c1-10-7-12-16-9-17-19(12)13(8-10)18-14(15(20)21)11-5-3-2-4-6-11/h7-9,11,14,18H,2-6H2,1H3,(H,20,21). The lowest BCUT2D eigenvalue weighted by molar-refractivity contribution is -0.139. The molecule has 2 heterocycles. The summed E-state index contributed by atoms with van der Waals surface area (Å²) in [4.78, 5) is 15.8. The number of carboxylic acids is 1. The number of carboxylic acid groups (broad SMARTS) is 1. The molecule has 0 amide bonds. The second kappa shape index (κ2) is 5.71. The van der Waals surface area contributed by atoms with Crippen LogP contribution in [0.15, 0.2) is 18.5 Å². The Morgan fingerprint density at radius 1 is 1.38 bits per heavy atom. The molecule has 0 aliphatic heterocycles. The number of fused-ring (bicyclic) bond motifs is 1. The van der Waals surface area contributed by atoms with Crippen molar-refractivity contribution in [1.29, 1.82) is 0 Å². The number of hydrogen-bond donors (Lipinski definition) is 2. The van der Waals surface area contributed by atoms with Crippen molar-refractivity contribution in [2.45, 2.75) is 45.1 Å². The largest absolute Gasteiger partial charge is 0.480 e. The number of nitrogens with zero attached hydrogens (tertiary/aromatic N) is 3. The van der Waals surface area contributed by atoms with Crippen molar-refractivity contribution < 1.29 is 9.90 Å². The van der Waals surface area contributed by atoms with Crippen LogP contribution >= 0.6 is 0 Å². The quantitative estimate of drug-likeness (QED) is 0.903. The van der Waals surface area contributed by atoms with E-state index in [0.29, 0.717) is 5.82 Å². The average Bonchev–Trinajstić information content (AvgIpc) is 2.93. The van der Waals surface area contributed by atoms with Crippen LogP contribution in [0.25, 0.3) is 5.65 Å². The minimum absolute atomic E-state index is 0.176. The van der Waals surface area contributed by atoms with Crippen LogP contribution in [0.5, 0.6) is 0 Å². The maximum Gasteiger partial charge on any atom is 0.326 e. The number of pyridine rings is 1. The Kier molecular flexibility index (Phi) is 3.77. The second-order valence-electron chi connectivity index (χ2n) is 5.81. The number of carbonyl (C=O) groups is 1. The van der Waals surface area contributed by atoms with Gasteiger partial charge in [-0.3, -0.25) is 0 Å². The van der Waals surface area contributed by atoms with Gasteiger partial charge >= 0.3 is 5.97 Å². The van der Waals surface area contributed by atoms with Gasteiger partial charge in [0.15, 0.2) is 5.65 Å². The third-order valence-electron chi connectivity index (χ3n) is 4.21. The first-order valence-electron chi connectivity index (χ1n) is 7.45. The number of nitrogens with one attached hydrogen (secondary N) is 1. The number of hydrogen-bond acceptors (Lipinski definition) is 4. The molecular weight excluding hydrogens is 268 g/mol. The molecule has 1 saturated carbocycles. The monoisotopic (exact) mass is 288 g/mol. The van der Waals surface area contributed by atoms with Gasteiger partial charge in [0.25, 0.3) is 0 Å². The summed E-state index contributed by atoms with van der Waals surface area (Å²) in [5.74, 6) is 0.0764. The molecule has 21 heavy (non-hydrogen) atoms. The van der Waals surface area contributed by atoms with E-state index >= 15 is 0 Å². The Morgan fingerprint density at radius 3 is 2.86 bits per heavy atom. The lowest BCUT2D eigenvalue weighted by Crippen LogP contribution is -2.38. The summed E-state index contributed by atoms with van der Waals surface area (Å²) < 4.78 is 1.66. The van der Waals surface area contributed by atoms with Crippen LogP contribution in [0, 0.1) is 12.8 Å². The van der Waals surface area contributed by atoms with E-state index < -0.39 is 12.0 Å². The van der Waals surface area contributed by atoms with Gasteiger partial charge in [-0.1, -0.05) is 19.3 Å². The Hall–Kier alpha value is -2.11. The van der Waals surface area contributed by atoms with Crippen LogP contribution in [-0.2, 0) is 4.79 Å². The maximum absolute atomic E-state index is 11.7. The van der Waals surface area contributed by atoms with Gasteiger partial charge in [-0.05, 0) is 43.4 Å². The molecule has 2 aromatic rings. The summed E-state index contributed by atoms with van der Waals surface area (Å²) in [5.41, 5.74) is 1.76. The molecule has 1 aliphatic rings. The fourth-order valence-corrected chi connectivity index (χ4v) is 3.17. The van der Waals surface area contributed by atoms with E-state index in [-0.39, 0.29) is 5.92 Å². The number of anilines is 1. The van der Waals surface area contributed by atoms with Gasteiger partial charge in [-0.15, -0.1) is 0 Å². The molecule has 2 aromatic heterocycles. The second-order valence-corrected chi connectivity index (χ2v) is 5.81. The molecule has 6 nitrogen and oxygen atoms in total. The molecule has 0 saturated heterocycles. The maximum atomic E-state index is 11.7. The van der Waals surface area contributed by atoms with E-state index in [9.17, 15) is 9.90 Å². The predicted octanol–water partition coefficient (Wildman–Crippen LogP) is 2.48. The Bertz CT molecular complexity index is 646. The molecule has 0 radical (unpaired) electrons. The lowest BCUT2D eigenvalue weighted by Gasteiger charge is -2.28. The SMILES string of the molecule is Cc1cc(NC(C(=O)O)C2CCCCC2)n2ncnc2c1. The third kappa shape index (κ3) is 2.84. The van der Waals surface area contributed by atoms with Gasteiger partial charge in [0.2, 0.25) is 0 Å². The van der Waals surface area contributed by atoms with Crippen molar-refractivity contribution in [3.63, 3.8) is 0 Å². The van der Waals surface area contributed by atoms with Crippen molar-refractivity contribution >= 4 is 17.4 Å². The molecule has 6 heteroatoms. The number of aromatic nitrogens is 3. The average molecular weight is 288 g/mol. The van der Waals surface area contributed by atoms with Crippen molar-refractivity contribution in [2.24, 2.45) is 5.92 Å². The molecule has 1 aliphatic carbocycles. The zero-order valence-electron chi connectivity index (χ0n) is 12.1. The highest BCUT2D eigenvalue weighted by Gasteiger charge is 2.29. The first-order chi connectivity index (χ1) is 10.1. The zero-order chi connectivity index (χ0) is 14.8. The molecule has 1 unspecified atom stereocenters. The molecule has 0 aromatic carbocycles. The molecule has 0 spiro atoms. The minimum Gasteiger partial charge on any atom is -0.480 e. The van der Waals surface area contributed by atoms with Gasteiger partial charge in [-0.25, -0.2) is 9.78 Å². The van der Waals surface area contributed by atoms with Crippen molar-refractivity contribution in [1.82, 2.24) is 14.6 Å². The highest BCUT2D eigenvalue weighted by molar-refractivity contribution is 5.77.